The molecule has 0 amide bonds. The molecular weight excluding hydrogens is 106 g/mol. The molecule has 0 aliphatic rings. The summed E-state index contributed by atoms with van der Waals surface area (Å²) in [5.74, 6) is 0.604. The molecular formula is C4H7N3O. The van der Waals surface area contributed by atoms with Crippen molar-refractivity contribution in [1.82, 2.24) is 10.1 Å². The van der Waals surface area contributed by atoms with Gasteiger partial charge in [0, 0.05) is 13.0 Å². The fourth-order valence-corrected chi connectivity index (χ4v) is 0.430. The Bertz CT molecular complexity index is 137. The lowest BCUT2D eigenvalue weighted by molar-refractivity contribution is 0.379. The predicted octanol–water partition coefficient (Wildman–Crippen LogP) is -0.429. The molecule has 0 bridgehead atoms. The topological polar surface area (TPSA) is 64.9 Å². The summed E-state index contributed by atoms with van der Waals surface area (Å²) in [5, 5.41) is 3.40. The van der Waals surface area contributed by atoms with E-state index in [2.05, 4.69) is 14.7 Å². The molecule has 0 aliphatic heterocycles. The van der Waals surface area contributed by atoms with Crippen LogP contribution in [0.1, 0.15) is 5.89 Å². The van der Waals surface area contributed by atoms with Crippen LogP contribution in [0.3, 0.4) is 0 Å². The van der Waals surface area contributed by atoms with Gasteiger partial charge in [-0.1, -0.05) is 5.16 Å². The summed E-state index contributed by atoms with van der Waals surface area (Å²) >= 11 is 0. The van der Waals surface area contributed by atoms with E-state index in [4.69, 9.17) is 5.73 Å². The minimum absolute atomic E-state index is 0.558. The first-order valence-corrected chi connectivity index (χ1v) is 2.39. The molecule has 4 heteroatoms. The summed E-state index contributed by atoms with van der Waals surface area (Å²) in [6.45, 7) is 0.558. The van der Waals surface area contributed by atoms with Crippen LogP contribution in [0.2, 0.25) is 0 Å². The van der Waals surface area contributed by atoms with Crippen molar-refractivity contribution >= 4 is 0 Å². The maximum absolute atomic E-state index is 5.19. The van der Waals surface area contributed by atoms with Crippen molar-refractivity contribution in [3.63, 3.8) is 0 Å². The van der Waals surface area contributed by atoms with Crippen molar-refractivity contribution in [3.05, 3.63) is 12.2 Å². The first-order valence-electron chi connectivity index (χ1n) is 2.39. The molecule has 0 aliphatic carbocycles. The van der Waals surface area contributed by atoms with E-state index in [1.54, 1.807) is 0 Å². The normalized spacial score (nSPS) is 9.62. The monoisotopic (exact) mass is 113 g/mol. The zero-order valence-electron chi connectivity index (χ0n) is 4.37. The molecule has 1 aromatic rings. The fourth-order valence-electron chi connectivity index (χ4n) is 0.430. The van der Waals surface area contributed by atoms with Crippen molar-refractivity contribution in [2.75, 3.05) is 6.54 Å². The van der Waals surface area contributed by atoms with Crippen molar-refractivity contribution in [2.24, 2.45) is 5.73 Å². The first kappa shape index (κ1) is 5.24. The lowest BCUT2D eigenvalue weighted by Gasteiger charge is -1.82. The van der Waals surface area contributed by atoms with Crippen molar-refractivity contribution < 1.29 is 4.52 Å². The molecule has 0 radical (unpaired) electrons. The number of nitrogens with two attached hydrogens (primary N) is 1. The third-order valence-electron chi connectivity index (χ3n) is 0.765. The summed E-state index contributed by atoms with van der Waals surface area (Å²) in [5.41, 5.74) is 5.19. The fraction of sp³-hybridized carbons (Fsp3) is 0.500. The van der Waals surface area contributed by atoms with E-state index < -0.39 is 0 Å². The van der Waals surface area contributed by atoms with Crippen LogP contribution in [-0.2, 0) is 6.42 Å². The van der Waals surface area contributed by atoms with Crippen LogP contribution in [-0.4, -0.2) is 16.7 Å². The molecule has 2 N–H and O–H groups in total. The van der Waals surface area contributed by atoms with E-state index in [0.717, 1.165) is 0 Å². The average molecular weight is 113 g/mol. The second-order valence-electron chi connectivity index (χ2n) is 1.37. The molecule has 8 heavy (non-hydrogen) atoms. The standard InChI is InChI=1S/C4H7N3O/c5-2-1-4-6-3-7-8-4/h3H,1-2,5H2. The van der Waals surface area contributed by atoms with Gasteiger partial charge in [0.05, 0.1) is 0 Å². The highest BCUT2D eigenvalue weighted by Gasteiger charge is 1.92. The van der Waals surface area contributed by atoms with Gasteiger partial charge in [-0.15, -0.1) is 0 Å². The van der Waals surface area contributed by atoms with Gasteiger partial charge in [0.2, 0.25) is 5.89 Å². The van der Waals surface area contributed by atoms with Crippen LogP contribution in [0.15, 0.2) is 10.9 Å². The highest BCUT2D eigenvalue weighted by atomic mass is 16.5. The van der Waals surface area contributed by atoms with E-state index >= 15 is 0 Å². The molecule has 0 saturated carbocycles. The van der Waals surface area contributed by atoms with Crippen LogP contribution >= 0.6 is 0 Å². The van der Waals surface area contributed by atoms with Crippen LogP contribution in [0.4, 0.5) is 0 Å². The van der Waals surface area contributed by atoms with Gasteiger partial charge in [-0.05, 0) is 0 Å². The quantitative estimate of drug-likeness (QED) is 0.565. The number of aromatic nitrogens is 2. The van der Waals surface area contributed by atoms with E-state index in [-0.39, 0.29) is 0 Å². The van der Waals surface area contributed by atoms with Crippen molar-refractivity contribution in [2.45, 2.75) is 6.42 Å². The number of rotatable bonds is 2. The highest BCUT2D eigenvalue weighted by molar-refractivity contribution is 4.73. The van der Waals surface area contributed by atoms with Crippen LogP contribution < -0.4 is 5.73 Å². The van der Waals surface area contributed by atoms with Gasteiger partial charge >= 0.3 is 0 Å². The van der Waals surface area contributed by atoms with Gasteiger partial charge in [0.15, 0.2) is 6.33 Å². The minimum Gasteiger partial charge on any atom is -0.340 e. The molecule has 0 atom stereocenters. The van der Waals surface area contributed by atoms with Crippen LogP contribution in [0.5, 0.6) is 0 Å². The number of hydrogen-bond donors (Lipinski definition) is 1. The van der Waals surface area contributed by atoms with Gasteiger partial charge in [-0.3, -0.25) is 0 Å². The minimum atomic E-state index is 0.558. The Kier molecular flexibility index (Phi) is 1.58. The van der Waals surface area contributed by atoms with Gasteiger partial charge in [-0.25, -0.2) is 0 Å². The lowest BCUT2D eigenvalue weighted by Crippen LogP contribution is -2.02. The Morgan fingerprint density at radius 1 is 1.75 bits per heavy atom. The summed E-state index contributed by atoms with van der Waals surface area (Å²) in [6, 6.07) is 0. The lowest BCUT2D eigenvalue weighted by atomic mass is 10.4. The zero-order valence-corrected chi connectivity index (χ0v) is 4.37. The third-order valence-corrected chi connectivity index (χ3v) is 0.765. The smallest absolute Gasteiger partial charge is 0.227 e. The summed E-state index contributed by atoms with van der Waals surface area (Å²) in [6.07, 6.45) is 2.03. The SMILES string of the molecule is NCCc1ncno1. The van der Waals surface area contributed by atoms with E-state index in [9.17, 15) is 0 Å². The van der Waals surface area contributed by atoms with Gasteiger partial charge in [-0.2, -0.15) is 4.98 Å². The summed E-state index contributed by atoms with van der Waals surface area (Å²) in [4.78, 5) is 3.75. The van der Waals surface area contributed by atoms with E-state index in [0.29, 0.717) is 18.9 Å². The molecule has 4 nitrogen and oxygen atoms in total. The third kappa shape index (κ3) is 1.04. The predicted molar refractivity (Wildman–Crippen MR) is 27.1 cm³/mol. The molecule has 1 rings (SSSR count). The van der Waals surface area contributed by atoms with E-state index in [1.807, 2.05) is 0 Å². The second-order valence-corrected chi connectivity index (χ2v) is 1.37. The average Bonchev–Trinajstić information content (AvgIpc) is 2.19. The maximum Gasteiger partial charge on any atom is 0.227 e. The number of nitrogens with zero attached hydrogens (tertiary/aromatic N) is 2. The van der Waals surface area contributed by atoms with Crippen LogP contribution in [0.25, 0.3) is 0 Å². The molecule has 0 unspecified atom stereocenters. The highest BCUT2D eigenvalue weighted by Crippen LogP contribution is 1.88. The van der Waals surface area contributed by atoms with Gasteiger partial charge < -0.3 is 10.3 Å². The number of hydrogen-bond acceptors (Lipinski definition) is 4. The largest absolute Gasteiger partial charge is 0.340 e. The zero-order chi connectivity index (χ0) is 5.82. The van der Waals surface area contributed by atoms with Crippen molar-refractivity contribution in [1.29, 1.82) is 0 Å². The molecule has 44 valence electrons. The molecule has 0 spiro atoms. The van der Waals surface area contributed by atoms with E-state index in [1.165, 1.54) is 6.33 Å². The van der Waals surface area contributed by atoms with Crippen molar-refractivity contribution in [3.8, 4) is 0 Å². The summed E-state index contributed by atoms with van der Waals surface area (Å²) in [7, 11) is 0. The second kappa shape index (κ2) is 2.42. The molecule has 1 aromatic heterocycles. The summed E-state index contributed by atoms with van der Waals surface area (Å²) < 4.78 is 4.63. The van der Waals surface area contributed by atoms with Gasteiger partial charge in [0.1, 0.15) is 0 Å². The Morgan fingerprint density at radius 2 is 2.62 bits per heavy atom. The first-order chi connectivity index (χ1) is 3.93. The Balaban J connectivity index is 2.50. The molecule has 0 saturated heterocycles. The Hall–Kier alpha value is -0.900. The molecule has 0 fully saturated rings. The molecule has 1 heterocycles. The maximum atomic E-state index is 5.19. The Morgan fingerprint density at radius 3 is 3.12 bits per heavy atom. The van der Waals surface area contributed by atoms with Gasteiger partial charge in [0.25, 0.3) is 0 Å². The molecule has 0 aromatic carbocycles. The van der Waals surface area contributed by atoms with Crippen LogP contribution in [0, 0.1) is 0 Å². The Labute approximate surface area is 46.7 Å².